The van der Waals surface area contributed by atoms with Gasteiger partial charge in [0.05, 0.1) is 0 Å². The highest BCUT2D eigenvalue weighted by Crippen LogP contribution is 2.41. The maximum absolute atomic E-state index is 6.12. The smallest absolute Gasteiger partial charge is 0.135 e. The number of hydrogen-bond acceptors (Lipinski definition) is 3. The Balaban J connectivity index is 1.12. The van der Waals surface area contributed by atoms with Gasteiger partial charge in [-0.15, -0.1) is 11.3 Å². The molecule has 0 radical (unpaired) electrons. The third-order valence-electron chi connectivity index (χ3n) is 8.43. The second kappa shape index (κ2) is 9.59. The first-order valence-electron chi connectivity index (χ1n) is 14.5. The van der Waals surface area contributed by atoms with Gasteiger partial charge < -0.3 is 9.32 Å². The van der Waals surface area contributed by atoms with Crippen LogP contribution in [0.2, 0.25) is 0 Å². The number of benzene rings is 7. The first-order valence-corrected chi connectivity index (χ1v) is 15.3. The molecule has 0 aliphatic carbocycles. The second-order valence-electron chi connectivity index (χ2n) is 11.0. The van der Waals surface area contributed by atoms with Crippen LogP contribution in [0, 0.1) is 0 Å². The summed E-state index contributed by atoms with van der Waals surface area (Å²) in [5, 5.41) is 7.49. The molecule has 2 heterocycles. The van der Waals surface area contributed by atoms with Crippen molar-refractivity contribution in [1.82, 2.24) is 0 Å². The average molecular weight is 568 g/mol. The predicted molar refractivity (Wildman–Crippen MR) is 184 cm³/mol. The number of fused-ring (bicyclic) bond motifs is 7. The third-order valence-corrected chi connectivity index (χ3v) is 9.55. The number of rotatable bonds is 4. The van der Waals surface area contributed by atoms with E-state index in [4.69, 9.17) is 4.42 Å². The van der Waals surface area contributed by atoms with Crippen LogP contribution in [0.3, 0.4) is 0 Å². The van der Waals surface area contributed by atoms with E-state index in [1.807, 2.05) is 23.5 Å². The zero-order chi connectivity index (χ0) is 28.3. The van der Waals surface area contributed by atoms with Crippen molar-refractivity contribution in [2.24, 2.45) is 0 Å². The van der Waals surface area contributed by atoms with Crippen molar-refractivity contribution in [1.29, 1.82) is 0 Å². The highest BCUT2D eigenvalue weighted by molar-refractivity contribution is 7.25. The van der Waals surface area contributed by atoms with Crippen LogP contribution in [0.15, 0.2) is 156 Å². The molecular formula is C40H25NOS. The molecule has 2 aromatic heterocycles. The molecule has 0 saturated carbocycles. The lowest BCUT2D eigenvalue weighted by atomic mass is 10.0. The molecule has 0 amide bonds. The van der Waals surface area contributed by atoms with Crippen molar-refractivity contribution in [2.45, 2.75) is 0 Å². The van der Waals surface area contributed by atoms with Crippen LogP contribution in [0.25, 0.3) is 64.0 Å². The maximum Gasteiger partial charge on any atom is 0.135 e. The number of para-hydroxylation sites is 2. The van der Waals surface area contributed by atoms with E-state index < -0.39 is 0 Å². The van der Waals surface area contributed by atoms with E-state index >= 15 is 0 Å². The zero-order valence-electron chi connectivity index (χ0n) is 23.2. The predicted octanol–water partition coefficient (Wildman–Crippen LogP) is 12.2. The second-order valence-corrected chi connectivity index (χ2v) is 12.1. The SMILES string of the molecule is c1ccc(N(c2ccc(-c3ccc4c(c3)sc3cc5ccccc5cc34)cc2)c2ccc3oc4ccccc4c3c2)cc1. The van der Waals surface area contributed by atoms with E-state index in [2.05, 4.69) is 144 Å². The molecule has 0 saturated heterocycles. The molecule has 0 aliphatic heterocycles. The van der Waals surface area contributed by atoms with Crippen LogP contribution in [-0.4, -0.2) is 0 Å². The molecule has 0 fully saturated rings. The van der Waals surface area contributed by atoms with Crippen molar-refractivity contribution < 1.29 is 4.42 Å². The highest BCUT2D eigenvalue weighted by Gasteiger charge is 2.16. The van der Waals surface area contributed by atoms with E-state index in [0.29, 0.717) is 0 Å². The van der Waals surface area contributed by atoms with Crippen LogP contribution in [-0.2, 0) is 0 Å². The van der Waals surface area contributed by atoms with Crippen LogP contribution >= 0.6 is 11.3 Å². The highest BCUT2D eigenvalue weighted by atomic mass is 32.1. The number of anilines is 3. The molecular weight excluding hydrogens is 543 g/mol. The average Bonchev–Trinajstić information content (AvgIpc) is 3.61. The minimum absolute atomic E-state index is 0.901. The van der Waals surface area contributed by atoms with E-state index in [1.165, 1.54) is 42.1 Å². The van der Waals surface area contributed by atoms with Gasteiger partial charge in [-0.2, -0.15) is 0 Å². The fourth-order valence-corrected chi connectivity index (χ4v) is 7.50. The van der Waals surface area contributed by atoms with Gasteiger partial charge in [0.1, 0.15) is 11.2 Å². The quantitative estimate of drug-likeness (QED) is 0.210. The Morgan fingerprint density at radius 3 is 1.91 bits per heavy atom. The van der Waals surface area contributed by atoms with Crippen LogP contribution in [0.5, 0.6) is 0 Å². The van der Waals surface area contributed by atoms with Gasteiger partial charge in [0, 0.05) is 48.0 Å². The first kappa shape index (κ1) is 24.2. The fraction of sp³-hybridized carbons (Fsp3) is 0. The first-order chi connectivity index (χ1) is 21.3. The van der Waals surface area contributed by atoms with Gasteiger partial charge in [0.25, 0.3) is 0 Å². The van der Waals surface area contributed by atoms with Gasteiger partial charge in [-0.3, -0.25) is 0 Å². The molecule has 7 aromatic carbocycles. The molecule has 0 aliphatic rings. The van der Waals surface area contributed by atoms with Gasteiger partial charge >= 0.3 is 0 Å². The molecule has 0 unspecified atom stereocenters. The number of hydrogen-bond donors (Lipinski definition) is 0. The van der Waals surface area contributed by atoms with Gasteiger partial charge in [-0.05, 0) is 88.6 Å². The van der Waals surface area contributed by atoms with Crippen LogP contribution < -0.4 is 4.90 Å². The standard InChI is InChI=1S/C40H25NOS/c1-2-10-30(11-3-1)41(32-19-21-38-35(25-32)33-12-6-7-13-37(33)42-38)31-17-14-26(15-18-31)29-16-20-34-36-22-27-8-4-5-9-28(27)23-40(36)43-39(34)24-29/h1-25H. The molecule has 0 atom stereocenters. The zero-order valence-corrected chi connectivity index (χ0v) is 24.0. The minimum atomic E-state index is 0.901. The Bertz CT molecular complexity index is 2450. The maximum atomic E-state index is 6.12. The molecule has 2 nitrogen and oxygen atoms in total. The molecule has 9 rings (SSSR count). The molecule has 202 valence electrons. The number of furan rings is 1. The van der Waals surface area contributed by atoms with Gasteiger partial charge in [0.2, 0.25) is 0 Å². The molecule has 43 heavy (non-hydrogen) atoms. The molecule has 9 aromatic rings. The summed E-state index contributed by atoms with van der Waals surface area (Å²) in [6.07, 6.45) is 0. The molecule has 0 spiro atoms. The Labute approximate surface area is 252 Å². The Morgan fingerprint density at radius 2 is 1.05 bits per heavy atom. The largest absolute Gasteiger partial charge is 0.456 e. The van der Waals surface area contributed by atoms with E-state index in [-0.39, 0.29) is 0 Å². The monoisotopic (exact) mass is 567 g/mol. The van der Waals surface area contributed by atoms with E-state index in [0.717, 1.165) is 39.0 Å². The lowest BCUT2D eigenvalue weighted by Crippen LogP contribution is -2.09. The van der Waals surface area contributed by atoms with Crippen molar-refractivity contribution in [3.05, 3.63) is 152 Å². The summed E-state index contributed by atoms with van der Waals surface area (Å²) in [6, 6.07) is 54.3. The lowest BCUT2D eigenvalue weighted by molar-refractivity contribution is 0.669. The summed E-state index contributed by atoms with van der Waals surface area (Å²) >= 11 is 1.87. The Hall–Kier alpha value is -5.38. The fourth-order valence-electron chi connectivity index (χ4n) is 6.32. The topological polar surface area (TPSA) is 16.4 Å². The molecule has 0 bridgehead atoms. The summed E-state index contributed by atoms with van der Waals surface area (Å²) in [4.78, 5) is 2.31. The normalized spacial score (nSPS) is 11.7. The Morgan fingerprint density at radius 1 is 0.395 bits per heavy atom. The summed E-state index contributed by atoms with van der Waals surface area (Å²) in [6.45, 7) is 0. The molecule has 0 N–H and O–H groups in total. The van der Waals surface area contributed by atoms with E-state index in [1.54, 1.807) is 0 Å². The van der Waals surface area contributed by atoms with Crippen molar-refractivity contribution in [3.8, 4) is 11.1 Å². The van der Waals surface area contributed by atoms with Gasteiger partial charge in [-0.25, -0.2) is 0 Å². The number of thiophene rings is 1. The lowest BCUT2D eigenvalue weighted by Gasteiger charge is -2.25. The van der Waals surface area contributed by atoms with Crippen LogP contribution in [0.4, 0.5) is 17.1 Å². The number of nitrogens with zero attached hydrogens (tertiary/aromatic N) is 1. The van der Waals surface area contributed by atoms with Crippen molar-refractivity contribution in [3.63, 3.8) is 0 Å². The Kier molecular flexibility index (Phi) is 5.40. The summed E-state index contributed by atoms with van der Waals surface area (Å²) in [7, 11) is 0. The summed E-state index contributed by atoms with van der Waals surface area (Å²) in [5.41, 5.74) is 7.56. The third kappa shape index (κ3) is 4.01. The van der Waals surface area contributed by atoms with Crippen molar-refractivity contribution in [2.75, 3.05) is 4.90 Å². The van der Waals surface area contributed by atoms with E-state index in [9.17, 15) is 0 Å². The van der Waals surface area contributed by atoms with Crippen molar-refractivity contribution >= 4 is 81.3 Å². The molecule has 3 heteroatoms. The minimum Gasteiger partial charge on any atom is -0.456 e. The summed E-state index contributed by atoms with van der Waals surface area (Å²) in [5.74, 6) is 0. The summed E-state index contributed by atoms with van der Waals surface area (Å²) < 4.78 is 8.77. The van der Waals surface area contributed by atoms with Gasteiger partial charge in [-0.1, -0.05) is 84.9 Å². The van der Waals surface area contributed by atoms with Gasteiger partial charge in [0.15, 0.2) is 0 Å². The van der Waals surface area contributed by atoms with Crippen LogP contribution in [0.1, 0.15) is 0 Å².